The zero-order chi connectivity index (χ0) is 14.6. The van der Waals surface area contributed by atoms with Crippen molar-refractivity contribution in [3.63, 3.8) is 0 Å². The molecule has 0 amide bonds. The summed E-state index contributed by atoms with van der Waals surface area (Å²) in [7, 11) is 0. The molecule has 1 aromatic heterocycles. The molecule has 1 aromatic rings. The molecule has 0 radical (unpaired) electrons. The van der Waals surface area contributed by atoms with Gasteiger partial charge in [0, 0.05) is 12.4 Å². The van der Waals surface area contributed by atoms with E-state index in [0.29, 0.717) is 4.95 Å². The molecule has 0 fully saturated rings. The summed E-state index contributed by atoms with van der Waals surface area (Å²) in [5.74, 6) is 0.947. The lowest BCUT2D eigenvalue weighted by molar-refractivity contribution is 0.531. The fraction of sp³-hybridized carbons (Fsp3) is 0.706. The van der Waals surface area contributed by atoms with Crippen LogP contribution in [0.1, 0.15) is 81.9 Å². The highest BCUT2D eigenvalue weighted by molar-refractivity contribution is 9.09. The van der Waals surface area contributed by atoms with E-state index in [-0.39, 0.29) is 0 Å². The van der Waals surface area contributed by atoms with Crippen molar-refractivity contribution in [1.29, 1.82) is 0 Å². The van der Waals surface area contributed by atoms with Gasteiger partial charge in [0.15, 0.2) is 0 Å². The average Bonchev–Trinajstić information content (AvgIpc) is 2.94. The maximum absolute atomic E-state index is 4.26. The molecule has 0 spiro atoms. The van der Waals surface area contributed by atoms with Gasteiger partial charge in [0.25, 0.3) is 0 Å². The van der Waals surface area contributed by atoms with Crippen LogP contribution in [-0.4, -0.2) is 9.55 Å². The summed E-state index contributed by atoms with van der Waals surface area (Å²) in [5.41, 5.74) is 0. The van der Waals surface area contributed by atoms with Gasteiger partial charge < -0.3 is 4.57 Å². The first-order valence-electron chi connectivity index (χ1n) is 8.09. The summed E-state index contributed by atoms with van der Waals surface area (Å²) < 4.78 is 2.15. The van der Waals surface area contributed by atoms with E-state index in [1.54, 1.807) is 0 Å². The summed E-state index contributed by atoms with van der Waals surface area (Å²) in [4.78, 5) is 4.61. The lowest BCUT2D eigenvalue weighted by Gasteiger charge is -2.13. The highest BCUT2D eigenvalue weighted by atomic mass is 79.9. The molecule has 0 saturated heterocycles. The van der Waals surface area contributed by atoms with Gasteiger partial charge in [-0.2, -0.15) is 0 Å². The van der Waals surface area contributed by atoms with Gasteiger partial charge in [-0.1, -0.05) is 87.2 Å². The van der Waals surface area contributed by atoms with E-state index in [4.69, 9.17) is 0 Å². The van der Waals surface area contributed by atoms with Crippen LogP contribution in [0.15, 0.2) is 19.0 Å². The first-order valence-corrected chi connectivity index (χ1v) is 9.00. The molecule has 0 aliphatic rings. The number of alkyl halides is 1. The van der Waals surface area contributed by atoms with Crippen LogP contribution in [0.2, 0.25) is 0 Å². The Morgan fingerprint density at radius 2 is 1.75 bits per heavy atom. The van der Waals surface area contributed by atoms with Crippen LogP contribution in [0, 0.1) is 0 Å². The van der Waals surface area contributed by atoms with Gasteiger partial charge in [-0.05, 0) is 12.5 Å². The number of aromatic nitrogens is 2. The van der Waals surface area contributed by atoms with Gasteiger partial charge in [-0.25, -0.2) is 4.98 Å². The van der Waals surface area contributed by atoms with Gasteiger partial charge in [-0.15, -0.1) is 0 Å². The van der Waals surface area contributed by atoms with Crippen LogP contribution in [0.3, 0.4) is 0 Å². The molecule has 20 heavy (non-hydrogen) atoms. The largest absolute Gasteiger partial charge is 0.318 e. The minimum atomic E-state index is 0.350. The number of imidazole rings is 1. The quantitative estimate of drug-likeness (QED) is 0.320. The number of halogens is 1. The SMILES string of the molecule is C=Cc1nccn1C(Br)CCCCCCCCCCC. The Bertz CT molecular complexity index is 360. The van der Waals surface area contributed by atoms with Gasteiger partial charge in [-0.3, -0.25) is 0 Å². The Morgan fingerprint density at radius 3 is 2.35 bits per heavy atom. The Balaban J connectivity index is 2.02. The third kappa shape index (κ3) is 6.74. The molecule has 0 saturated carbocycles. The van der Waals surface area contributed by atoms with Gasteiger partial charge >= 0.3 is 0 Å². The predicted octanol–water partition coefficient (Wildman–Crippen LogP) is 6.34. The van der Waals surface area contributed by atoms with Crippen LogP contribution in [0.25, 0.3) is 6.08 Å². The van der Waals surface area contributed by atoms with E-state index in [2.05, 4.69) is 39.0 Å². The van der Waals surface area contributed by atoms with E-state index >= 15 is 0 Å². The standard InChI is InChI=1S/C17H29BrN2/c1-3-5-6-7-8-9-10-11-12-13-16(18)20-15-14-19-17(20)4-2/h4,14-16H,2-3,5-13H2,1H3. The minimum Gasteiger partial charge on any atom is -0.318 e. The summed E-state index contributed by atoms with van der Waals surface area (Å²) in [5, 5.41) is 0. The molecule has 0 aromatic carbocycles. The van der Waals surface area contributed by atoms with E-state index in [1.165, 1.54) is 57.8 Å². The van der Waals surface area contributed by atoms with E-state index in [1.807, 2.05) is 18.5 Å². The number of rotatable bonds is 12. The van der Waals surface area contributed by atoms with Crippen molar-refractivity contribution in [2.75, 3.05) is 0 Å². The highest BCUT2D eigenvalue weighted by Gasteiger charge is 2.08. The maximum atomic E-state index is 4.26. The molecule has 114 valence electrons. The zero-order valence-corrected chi connectivity index (χ0v) is 14.4. The van der Waals surface area contributed by atoms with Crippen LogP contribution in [0.4, 0.5) is 0 Å². The smallest absolute Gasteiger partial charge is 0.132 e. The molecular weight excluding hydrogens is 312 g/mol. The Morgan fingerprint density at radius 1 is 1.15 bits per heavy atom. The van der Waals surface area contributed by atoms with Crippen molar-refractivity contribution in [2.45, 2.75) is 76.1 Å². The van der Waals surface area contributed by atoms with E-state index < -0.39 is 0 Å². The molecule has 1 atom stereocenters. The first-order chi connectivity index (χ1) is 9.79. The van der Waals surface area contributed by atoms with Crippen molar-refractivity contribution in [2.24, 2.45) is 0 Å². The molecule has 3 heteroatoms. The van der Waals surface area contributed by atoms with Crippen LogP contribution in [0.5, 0.6) is 0 Å². The molecule has 1 unspecified atom stereocenters. The lowest BCUT2D eigenvalue weighted by Crippen LogP contribution is -2.03. The number of hydrogen-bond donors (Lipinski definition) is 0. The lowest BCUT2D eigenvalue weighted by atomic mass is 10.1. The van der Waals surface area contributed by atoms with Gasteiger partial charge in [0.05, 0.1) is 4.95 Å². The van der Waals surface area contributed by atoms with Crippen molar-refractivity contribution < 1.29 is 0 Å². The minimum absolute atomic E-state index is 0.350. The monoisotopic (exact) mass is 340 g/mol. The first kappa shape index (κ1) is 17.5. The molecule has 0 aliphatic heterocycles. The summed E-state index contributed by atoms with van der Waals surface area (Å²) >= 11 is 3.74. The normalized spacial score (nSPS) is 12.5. The molecule has 1 rings (SSSR count). The second-order valence-corrected chi connectivity index (χ2v) is 6.51. The highest BCUT2D eigenvalue weighted by Crippen LogP contribution is 2.24. The van der Waals surface area contributed by atoms with E-state index in [0.717, 1.165) is 12.2 Å². The van der Waals surface area contributed by atoms with Crippen LogP contribution in [-0.2, 0) is 0 Å². The fourth-order valence-corrected chi connectivity index (χ4v) is 3.15. The van der Waals surface area contributed by atoms with Crippen molar-refractivity contribution in [1.82, 2.24) is 9.55 Å². The average molecular weight is 341 g/mol. The third-order valence-electron chi connectivity index (χ3n) is 3.73. The maximum Gasteiger partial charge on any atom is 0.132 e. The molecule has 0 aliphatic carbocycles. The van der Waals surface area contributed by atoms with Gasteiger partial charge in [0.1, 0.15) is 5.82 Å². The Labute approximate surface area is 132 Å². The molecule has 1 heterocycles. The molecule has 0 bridgehead atoms. The second kappa shape index (κ2) is 11.1. The molecular formula is C17H29BrN2. The fourth-order valence-electron chi connectivity index (χ4n) is 2.48. The van der Waals surface area contributed by atoms with Crippen molar-refractivity contribution in [3.05, 3.63) is 24.8 Å². The predicted molar refractivity (Wildman–Crippen MR) is 92.1 cm³/mol. The Kier molecular flexibility index (Phi) is 9.73. The van der Waals surface area contributed by atoms with E-state index in [9.17, 15) is 0 Å². The molecule has 2 nitrogen and oxygen atoms in total. The number of nitrogens with zero attached hydrogens (tertiary/aromatic N) is 2. The molecule has 0 N–H and O–H groups in total. The van der Waals surface area contributed by atoms with Crippen molar-refractivity contribution in [3.8, 4) is 0 Å². The van der Waals surface area contributed by atoms with Crippen LogP contribution < -0.4 is 0 Å². The summed E-state index contributed by atoms with van der Waals surface area (Å²) in [6, 6.07) is 0. The second-order valence-electron chi connectivity index (χ2n) is 5.45. The zero-order valence-electron chi connectivity index (χ0n) is 12.9. The Hall–Kier alpha value is -0.570. The van der Waals surface area contributed by atoms with Crippen molar-refractivity contribution >= 4 is 22.0 Å². The summed E-state index contributed by atoms with van der Waals surface area (Å²) in [6.45, 7) is 6.07. The van der Waals surface area contributed by atoms with Gasteiger partial charge in [0.2, 0.25) is 0 Å². The summed E-state index contributed by atoms with van der Waals surface area (Å²) in [6.07, 6.45) is 19.2. The topological polar surface area (TPSA) is 17.8 Å². The van der Waals surface area contributed by atoms with Crippen LogP contribution >= 0.6 is 15.9 Å². The number of hydrogen-bond acceptors (Lipinski definition) is 1. The third-order valence-corrected chi connectivity index (χ3v) is 4.63. The number of unbranched alkanes of at least 4 members (excludes halogenated alkanes) is 8.